The third-order valence-corrected chi connectivity index (χ3v) is 6.17. The van der Waals surface area contributed by atoms with E-state index in [1.807, 2.05) is 6.07 Å². The molecule has 0 radical (unpaired) electrons. The second-order valence-electron chi connectivity index (χ2n) is 7.53. The Labute approximate surface area is 196 Å². The van der Waals surface area contributed by atoms with E-state index in [0.717, 1.165) is 21.8 Å². The number of hydrogen-bond acceptors (Lipinski definition) is 6. The predicted octanol–water partition coefficient (Wildman–Crippen LogP) is 4.92. The van der Waals surface area contributed by atoms with E-state index in [1.54, 1.807) is 48.1 Å². The van der Waals surface area contributed by atoms with Crippen LogP contribution in [-0.4, -0.2) is 38.8 Å². The molecule has 0 unspecified atom stereocenters. The van der Waals surface area contributed by atoms with Crippen LogP contribution in [0, 0.1) is 13.8 Å². The Morgan fingerprint density at radius 3 is 2.58 bits per heavy atom. The van der Waals surface area contributed by atoms with E-state index in [0.29, 0.717) is 17.9 Å². The van der Waals surface area contributed by atoms with E-state index in [-0.39, 0.29) is 17.6 Å². The predicted molar refractivity (Wildman–Crippen MR) is 130 cm³/mol. The summed E-state index contributed by atoms with van der Waals surface area (Å²) in [6.45, 7) is 6.24. The Kier molecular flexibility index (Phi) is 6.74. The van der Waals surface area contributed by atoms with Crippen molar-refractivity contribution in [2.24, 2.45) is 0 Å². The molecule has 0 aliphatic carbocycles. The summed E-state index contributed by atoms with van der Waals surface area (Å²) in [5, 5.41) is 8.24. The lowest BCUT2D eigenvalue weighted by atomic mass is 10.0. The topological polar surface area (TPSA) is 85.6 Å². The monoisotopic (exact) mass is 460 g/mol. The third-order valence-electron chi connectivity index (χ3n) is 5.18. The number of fused-ring (bicyclic) bond motifs is 1. The van der Waals surface area contributed by atoms with Crippen LogP contribution in [0.1, 0.15) is 28.4 Å². The van der Waals surface area contributed by atoms with Crippen LogP contribution >= 0.6 is 11.8 Å². The first-order valence-corrected chi connectivity index (χ1v) is 11.5. The van der Waals surface area contributed by atoms with Gasteiger partial charge in [-0.05, 0) is 68.3 Å². The molecule has 0 aliphatic heterocycles. The lowest BCUT2D eigenvalue weighted by Gasteiger charge is -2.07. The Morgan fingerprint density at radius 2 is 1.85 bits per heavy atom. The molecule has 0 spiro atoms. The molecule has 0 atom stereocenters. The summed E-state index contributed by atoms with van der Waals surface area (Å²) in [7, 11) is 0. The van der Waals surface area contributed by atoms with Crippen molar-refractivity contribution in [2.45, 2.75) is 25.8 Å². The fourth-order valence-electron chi connectivity index (χ4n) is 3.29. The van der Waals surface area contributed by atoms with E-state index in [4.69, 9.17) is 4.74 Å². The molecular weight excluding hydrogens is 436 g/mol. The molecule has 2 heterocycles. The number of aromatic nitrogens is 3. The SMILES string of the molecule is CCOC(=O)c1ccc(NC(=O)CSc2nccn3nc(-c4ccc(C)c(C)c4)cc23)cc1. The molecule has 0 bridgehead atoms. The maximum absolute atomic E-state index is 12.5. The maximum Gasteiger partial charge on any atom is 0.338 e. The fourth-order valence-corrected chi connectivity index (χ4v) is 4.06. The van der Waals surface area contributed by atoms with E-state index >= 15 is 0 Å². The Bertz CT molecular complexity index is 1320. The molecule has 0 saturated carbocycles. The molecule has 168 valence electrons. The number of amides is 1. The maximum atomic E-state index is 12.5. The normalized spacial score (nSPS) is 10.9. The van der Waals surface area contributed by atoms with Gasteiger partial charge in [0.2, 0.25) is 5.91 Å². The Balaban J connectivity index is 1.43. The lowest BCUT2D eigenvalue weighted by Crippen LogP contribution is -2.14. The first kappa shape index (κ1) is 22.5. The molecule has 2 aromatic carbocycles. The molecule has 0 fully saturated rings. The summed E-state index contributed by atoms with van der Waals surface area (Å²) in [6, 6.07) is 14.9. The lowest BCUT2D eigenvalue weighted by molar-refractivity contribution is -0.113. The Hall–Kier alpha value is -3.65. The van der Waals surface area contributed by atoms with Crippen LogP contribution in [0.3, 0.4) is 0 Å². The zero-order valence-corrected chi connectivity index (χ0v) is 19.5. The molecule has 33 heavy (non-hydrogen) atoms. The number of esters is 1. The van der Waals surface area contributed by atoms with Crippen LogP contribution in [0.25, 0.3) is 16.8 Å². The molecular formula is C25H24N4O3S. The minimum Gasteiger partial charge on any atom is -0.462 e. The minimum absolute atomic E-state index is 0.165. The number of anilines is 1. The van der Waals surface area contributed by atoms with Gasteiger partial charge in [-0.1, -0.05) is 23.9 Å². The number of nitrogens with one attached hydrogen (secondary N) is 1. The van der Waals surface area contributed by atoms with Gasteiger partial charge < -0.3 is 10.1 Å². The number of thioether (sulfide) groups is 1. The van der Waals surface area contributed by atoms with Gasteiger partial charge in [-0.25, -0.2) is 14.3 Å². The van der Waals surface area contributed by atoms with Gasteiger partial charge in [-0.3, -0.25) is 4.79 Å². The Morgan fingerprint density at radius 1 is 1.06 bits per heavy atom. The molecule has 4 rings (SSSR count). The highest BCUT2D eigenvalue weighted by molar-refractivity contribution is 8.00. The smallest absolute Gasteiger partial charge is 0.338 e. The highest BCUT2D eigenvalue weighted by atomic mass is 32.2. The molecule has 7 nitrogen and oxygen atoms in total. The molecule has 2 aromatic heterocycles. The highest BCUT2D eigenvalue weighted by Gasteiger charge is 2.13. The number of carbonyl (C=O) groups is 2. The zero-order valence-electron chi connectivity index (χ0n) is 18.7. The van der Waals surface area contributed by atoms with Crippen molar-refractivity contribution in [3.63, 3.8) is 0 Å². The highest BCUT2D eigenvalue weighted by Crippen LogP contribution is 2.27. The number of rotatable bonds is 7. The molecule has 1 amide bonds. The van der Waals surface area contributed by atoms with Crippen molar-refractivity contribution < 1.29 is 14.3 Å². The second kappa shape index (κ2) is 9.87. The largest absolute Gasteiger partial charge is 0.462 e. The van der Waals surface area contributed by atoms with Crippen molar-refractivity contribution in [1.29, 1.82) is 0 Å². The van der Waals surface area contributed by atoms with Gasteiger partial charge in [0.25, 0.3) is 0 Å². The van der Waals surface area contributed by atoms with Crippen molar-refractivity contribution in [3.05, 3.63) is 77.6 Å². The van der Waals surface area contributed by atoms with Crippen LogP contribution in [-0.2, 0) is 9.53 Å². The number of nitrogens with zero attached hydrogens (tertiary/aromatic N) is 3. The summed E-state index contributed by atoms with van der Waals surface area (Å²) in [4.78, 5) is 28.7. The van der Waals surface area contributed by atoms with E-state index < -0.39 is 0 Å². The van der Waals surface area contributed by atoms with Crippen LogP contribution in [0.4, 0.5) is 5.69 Å². The third kappa shape index (κ3) is 5.23. The summed E-state index contributed by atoms with van der Waals surface area (Å²) in [6.07, 6.45) is 3.48. The van der Waals surface area contributed by atoms with Gasteiger partial charge >= 0.3 is 5.97 Å². The average molecular weight is 461 g/mol. The molecule has 8 heteroatoms. The summed E-state index contributed by atoms with van der Waals surface area (Å²) < 4.78 is 6.75. The number of benzene rings is 2. The number of carbonyl (C=O) groups excluding carboxylic acids is 2. The molecule has 4 aromatic rings. The van der Waals surface area contributed by atoms with Crippen LogP contribution in [0.5, 0.6) is 0 Å². The number of hydrogen-bond donors (Lipinski definition) is 1. The van der Waals surface area contributed by atoms with E-state index in [1.165, 1.54) is 22.9 Å². The first-order chi connectivity index (χ1) is 15.9. The van der Waals surface area contributed by atoms with Crippen molar-refractivity contribution in [3.8, 4) is 11.3 Å². The number of ether oxygens (including phenoxy) is 1. The van der Waals surface area contributed by atoms with Gasteiger partial charge in [-0.15, -0.1) is 0 Å². The zero-order chi connectivity index (χ0) is 23.4. The van der Waals surface area contributed by atoms with E-state index in [9.17, 15) is 9.59 Å². The van der Waals surface area contributed by atoms with Crippen molar-refractivity contribution in [1.82, 2.24) is 14.6 Å². The quantitative estimate of drug-likeness (QED) is 0.311. The summed E-state index contributed by atoms with van der Waals surface area (Å²) in [5.41, 5.74) is 6.26. The first-order valence-electron chi connectivity index (χ1n) is 10.6. The standard InChI is InChI=1S/C25H24N4O3S/c1-4-32-25(31)18-7-9-20(10-8-18)27-23(30)15-33-24-22-14-21(28-29(22)12-11-26-24)19-6-5-16(2)17(3)13-19/h5-14H,4,15H2,1-3H3,(H,27,30). The van der Waals surface area contributed by atoms with Crippen LogP contribution < -0.4 is 5.32 Å². The fraction of sp³-hybridized carbons (Fsp3) is 0.200. The molecule has 0 saturated heterocycles. The van der Waals surface area contributed by atoms with Crippen molar-refractivity contribution >= 4 is 34.8 Å². The van der Waals surface area contributed by atoms with Gasteiger partial charge in [0, 0.05) is 23.6 Å². The summed E-state index contributed by atoms with van der Waals surface area (Å²) in [5.74, 6) is -0.358. The van der Waals surface area contributed by atoms with Gasteiger partial charge in [0.15, 0.2) is 0 Å². The average Bonchev–Trinajstić information content (AvgIpc) is 3.25. The van der Waals surface area contributed by atoms with Crippen molar-refractivity contribution in [2.75, 3.05) is 17.7 Å². The van der Waals surface area contributed by atoms with Crippen LogP contribution in [0.15, 0.2) is 66.0 Å². The molecule has 0 aliphatic rings. The van der Waals surface area contributed by atoms with Gasteiger partial charge in [0.1, 0.15) is 5.03 Å². The second-order valence-corrected chi connectivity index (χ2v) is 8.49. The van der Waals surface area contributed by atoms with Crippen LogP contribution in [0.2, 0.25) is 0 Å². The molecule has 1 N–H and O–H groups in total. The van der Waals surface area contributed by atoms with E-state index in [2.05, 4.69) is 47.4 Å². The van der Waals surface area contributed by atoms with Gasteiger partial charge in [0.05, 0.1) is 29.1 Å². The minimum atomic E-state index is -0.383. The summed E-state index contributed by atoms with van der Waals surface area (Å²) >= 11 is 1.35. The number of aryl methyl sites for hydroxylation is 2. The van der Waals surface area contributed by atoms with Gasteiger partial charge in [-0.2, -0.15) is 5.10 Å².